The minimum Gasteiger partial charge on any atom is -0.299 e. The fourth-order valence-corrected chi connectivity index (χ4v) is 2.99. The maximum absolute atomic E-state index is 12.0. The summed E-state index contributed by atoms with van der Waals surface area (Å²) in [5.74, 6) is -0.869. The van der Waals surface area contributed by atoms with E-state index in [0.29, 0.717) is 17.8 Å². The molecule has 0 atom stereocenters. The molecule has 3 rings (SSSR count). The first-order valence-electron chi connectivity index (χ1n) is 5.94. The molecule has 0 unspecified atom stereocenters. The van der Waals surface area contributed by atoms with E-state index in [4.69, 9.17) is 0 Å². The predicted molar refractivity (Wildman–Crippen MR) is 73.6 cm³/mol. The molecule has 0 saturated carbocycles. The van der Waals surface area contributed by atoms with Crippen molar-refractivity contribution in [2.75, 3.05) is 4.90 Å². The number of ketones is 1. The fourth-order valence-electron chi connectivity index (χ4n) is 2.21. The van der Waals surface area contributed by atoms with Gasteiger partial charge in [-0.05, 0) is 26.0 Å². The molecule has 1 aliphatic rings. The van der Waals surface area contributed by atoms with Crippen LogP contribution in [0.4, 0.5) is 5.69 Å². The summed E-state index contributed by atoms with van der Waals surface area (Å²) in [7, 11) is 0. The number of amides is 1. The van der Waals surface area contributed by atoms with Crippen molar-refractivity contribution in [1.82, 2.24) is 4.98 Å². The minimum atomic E-state index is -0.452. The summed E-state index contributed by atoms with van der Waals surface area (Å²) in [5.41, 5.74) is 2.19. The van der Waals surface area contributed by atoms with Crippen LogP contribution in [0.5, 0.6) is 0 Å². The van der Waals surface area contributed by atoms with Gasteiger partial charge in [-0.2, -0.15) is 0 Å². The van der Waals surface area contributed by atoms with Crippen LogP contribution in [0.15, 0.2) is 24.4 Å². The summed E-state index contributed by atoms with van der Waals surface area (Å²) in [6.07, 6.45) is 1.75. The third kappa shape index (κ3) is 1.96. The highest BCUT2D eigenvalue weighted by molar-refractivity contribution is 7.11. The molecule has 2 heterocycles. The Bertz CT molecular complexity index is 691. The van der Waals surface area contributed by atoms with E-state index in [1.54, 1.807) is 12.3 Å². The number of carbonyl (C=O) groups is 2. The minimum absolute atomic E-state index is 0.409. The predicted octanol–water partition coefficient (Wildman–Crippen LogP) is 2.49. The molecule has 1 aromatic heterocycles. The third-order valence-electron chi connectivity index (χ3n) is 3.11. The summed E-state index contributed by atoms with van der Waals surface area (Å²) in [4.78, 5) is 30.7. The molecule has 1 aliphatic heterocycles. The number of aryl methyl sites for hydroxylation is 2. The SMILES string of the molecule is Cc1ccc2c(c1)C(=O)C(=O)N2Cc1cnc(C)s1. The van der Waals surface area contributed by atoms with Crippen LogP contribution < -0.4 is 4.90 Å². The smallest absolute Gasteiger partial charge is 0.299 e. The van der Waals surface area contributed by atoms with Gasteiger partial charge in [-0.25, -0.2) is 4.98 Å². The average molecular weight is 272 g/mol. The molecule has 1 aromatic carbocycles. The number of fused-ring (bicyclic) bond motifs is 1. The third-order valence-corrected chi connectivity index (χ3v) is 4.01. The number of carbonyl (C=O) groups excluding carboxylic acids is 2. The summed E-state index contributed by atoms with van der Waals surface area (Å²) in [6.45, 7) is 4.24. The second kappa shape index (κ2) is 4.28. The van der Waals surface area contributed by atoms with Crippen molar-refractivity contribution >= 4 is 28.7 Å². The molecule has 96 valence electrons. The summed E-state index contributed by atoms with van der Waals surface area (Å²) in [5, 5.41) is 0.956. The van der Waals surface area contributed by atoms with Gasteiger partial charge in [0, 0.05) is 11.1 Å². The van der Waals surface area contributed by atoms with Crippen molar-refractivity contribution < 1.29 is 9.59 Å². The van der Waals surface area contributed by atoms with Crippen molar-refractivity contribution in [2.24, 2.45) is 0 Å². The zero-order chi connectivity index (χ0) is 13.6. The number of aromatic nitrogens is 1. The van der Waals surface area contributed by atoms with Crippen LogP contribution in [0.1, 0.15) is 25.8 Å². The van der Waals surface area contributed by atoms with Gasteiger partial charge in [0.15, 0.2) is 0 Å². The second-order valence-electron chi connectivity index (χ2n) is 4.59. The molecule has 0 saturated heterocycles. The van der Waals surface area contributed by atoms with Crippen molar-refractivity contribution in [2.45, 2.75) is 20.4 Å². The Kier molecular flexibility index (Phi) is 2.71. The first-order chi connectivity index (χ1) is 9.06. The van der Waals surface area contributed by atoms with Crippen molar-refractivity contribution in [3.05, 3.63) is 45.4 Å². The lowest BCUT2D eigenvalue weighted by Crippen LogP contribution is -2.28. The van der Waals surface area contributed by atoms with Gasteiger partial charge < -0.3 is 0 Å². The van der Waals surface area contributed by atoms with Crippen LogP contribution in [0, 0.1) is 13.8 Å². The Morgan fingerprint density at radius 3 is 2.74 bits per heavy atom. The molecule has 19 heavy (non-hydrogen) atoms. The van der Waals surface area contributed by atoms with Crippen LogP contribution in [0.25, 0.3) is 0 Å². The van der Waals surface area contributed by atoms with Gasteiger partial charge in [0.25, 0.3) is 11.7 Å². The fraction of sp³-hybridized carbons (Fsp3) is 0.214. The monoisotopic (exact) mass is 272 g/mol. The molecule has 4 nitrogen and oxygen atoms in total. The topological polar surface area (TPSA) is 50.3 Å². The summed E-state index contributed by atoms with van der Waals surface area (Å²) in [6, 6.07) is 5.52. The number of nitrogens with zero attached hydrogens (tertiary/aromatic N) is 2. The normalized spacial score (nSPS) is 14.1. The Balaban J connectivity index is 1.99. The number of hydrogen-bond acceptors (Lipinski definition) is 4. The molecule has 0 N–H and O–H groups in total. The Labute approximate surface area is 114 Å². The van der Waals surface area contributed by atoms with Gasteiger partial charge in [0.2, 0.25) is 0 Å². The number of thiazole rings is 1. The van der Waals surface area contributed by atoms with E-state index in [9.17, 15) is 9.59 Å². The lowest BCUT2D eigenvalue weighted by atomic mass is 10.1. The van der Waals surface area contributed by atoms with Gasteiger partial charge in [0.05, 0.1) is 22.8 Å². The van der Waals surface area contributed by atoms with Gasteiger partial charge in [-0.15, -0.1) is 11.3 Å². The quantitative estimate of drug-likeness (QED) is 0.789. The van der Waals surface area contributed by atoms with E-state index >= 15 is 0 Å². The van der Waals surface area contributed by atoms with Crippen molar-refractivity contribution in [3.8, 4) is 0 Å². The van der Waals surface area contributed by atoms with Crippen LogP contribution in [0.2, 0.25) is 0 Å². The van der Waals surface area contributed by atoms with E-state index in [1.165, 1.54) is 16.2 Å². The molecule has 0 fully saturated rings. The molecule has 0 radical (unpaired) electrons. The number of anilines is 1. The molecule has 0 bridgehead atoms. The number of Topliss-reactive ketones (excluding diaryl/α,β-unsaturated/α-hetero) is 1. The van der Waals surface area contributed by atoms with Crippen LogP contribution in [-0.2, 0) is 11.3 Å². The van der Waals surface area contributed by atoms with Gasteiger partial charge in [-0.3, -0.25) is 14.5 Å². The molecule has 2 aromatic rings. The van der Waals surface area contributed by atoms with E-state index < -0.39 is 11.7 Å². The maximum Gasteiger partial charge on any atom is 0.299 e. The lowest BCUT2D eigenvalue weighted by Gasteiger charge is -2.15. The van der Waals surface area contributed by atoms with Crippen LogP contribution in [-0.4, -0.2) is 16.7 Å². The first-order valence-corrected chi connectivity index (χ1v) is 6.76. The summed E-state index contributed by atoms with van der Waals surface area (Å²) < 4.78 is 0. The number of hydrogen-bond donors (Lipinski definition) is 0. The molecular weight excluding hydrogens is 260 g/mol. The van der Waals surface area contributed by atoms with E-state index in [1.807, 2.05) is 26.0 Å². The van der Waals surface area contributed by atoms with Crippen molar-refractivity contribution in [3.63, 3.8) is 0 Å². The highest BCUT2D eigenvalue weighted by Crippen LogP contribution is 2.31. The molecule has 0 aliphatic carbocycles. The molecule has 1 amide bonds. The zero-order valence-corrected chi connectivity index (χ0v) is 11.5. The van der Waals surface area contributed by atoms with E-state index in [2.05, 4.69) is 4.98 Å². The highest BCUT2D eigenvalue weighted by Gasteiger charge is 2.35. The van der Waals surface area contributed by atoms with Crippen LogP contribution >= 0.6 is 11.3 Å². The van der Waals surface area contributed by atoms with Crippen LogP contribution in [0.3, 0.4) is 0 Å². The Morgan fingerprint density at radius 2 is 2.05 bits per heavy atom. The van der Waals surface area contributed by atoms with E-state index in [0.717, 1.165) is 15.4 Å². The van der Waals surface area contributed by atoms with Gasteiger partial charge in [0.1, 0.15) is 0 Å². The zero-order valence-electron chi connectivity index (χ0n) is 10.6. The largest absolute Gasteiger partial charge is 0.299 e. The number of rotatable bonds is 2. The first kappa shape index (κ1) is 12.0. The molecular formula is C14H12N2O2S. The Hall–Kier alpha value is -2.01. The highest BCUT2D eigenvalue weighted by atomic mass is 32.1. The van der Waals surface area contributed by atoms with Crippen molar-refractivity contribution in [1.29, 1.82) is 0 Å². The lowest BCUT2D eigenvalue weighted by molar-refractivity contribution is -0.114. The summed E-state index contributed by atoms with van der Waals surface area (Å²) >= 11 is 1.54. The molecule has 0 spiro atoms. The standard InChI is InChI=1S/C14H12N2O2S/c1-8-3-4-12-11(5-8)13(17)14(18)16(12)7-10-6-15-9(2)19-10/h3-6H,7H2,1-2H3. The second-order valence-corrected chi connectivity index (χ2v) is 5.91. The van der Waals surface area contributed by atoms with Gasteiger partial charge >= 0.3 is 0 Å². The maximum atomic E-state index is 12.0. The Morgan fingerprint density at radius 1 is 1.26 bits per heavy atom. The average Bonchev–Trinajstić information content (AvgIpc) is 2.88. The van der Waals surface area contributed by atoms with Gasteiger partial charge in [-0.1, -0.05) is 11.6 Å². The van der Waals surface area contributed by atoms with E-state index in [-0.39, 0.29) is 0 Å². The number of benzene rings is 1. The molecule has 5 heteroatoms.